The number of nitrogens with zero attached hydrogens (tertiary/aromatic N) is 1. The lowest BCUT2D eigenvalue weighted by atomic mass is 9.97. The average Bonchev–Trinajstić information content (AvgIpc) is 3.09. The fraction of sp³-hybridized carbons (Fsp3) is 0.923. The molecule has 1 aliphatic carbocycles. The van der Waals surface area contributed by atoms with Crippen molar-refractivity contribution in [1.82, 2.24) is 5.32 Å². The Kier molecular flexibility index (Phi) is 4.74. The lowest BCUT2D eigenvalue weighted by molar-refractivity contribution is 0.123. The van der Waals surface area contributed by atoms with E-state index in [0.29, 0.717) is 5.41 Å². The molecular weight excluding hydrogens is 232 g/mol. The zero-order valence-electron chi connectivity index (χ0n) is 11.0. The van der Waals surface area contributed by atoms with Gasteiger partial charge in [-0.25, -0.2) is 0 Å². The molecule has 1 aliphatic heterocycles. The Balaban J connectivity index is 1.48. The van der Waals surface area contributed by atoms with Gasteiger partial charge in [-0.15, -0.1) is 0 Å². The smallest absolute Gasteiger partial charge is 0.156 e. The minimum atomic E-state index is 0.364. The van der Waals surface area contributed by atoms with E-state index in [1.165, 1.54) is 12.8 Å². The van der Waals surface area contributed by atoms with Crippen LogP contribution in [-0.2, 0) is 4.74 Å². The molecular formula is C13H24N2OS. The van der Waals surface area contributed by atoms with Gasteiger partial charge in [0.2, 0.25) is 0 Å². The normalized spacial score (nSPS) is 23.3. The molecule has 0 amide bonds. The molecule has 2 aliphatic rings. The lowest BCUT2D eigenvalue weighted by Crippen LogP contribution is -2.32. The monoisotopic (exact) mass is 256 g/mol. The van der Waals surface area contributed by atoms with Crippen LogP contribution in [0, 0.1) is 11.3 Å². The van der Waals surface area contributed by atoms with Crippen LogP contribution in [0.15, 0.2) is 4.99 Å². The summed E-state index contributed by atoms with van der Waals surface area (Å²) in [6.07, 6.45) is 3.83. The van der Waals surface area contributed by atoms with E-state index in [1.54, 1.807) is 0 Å². The summed E-state index contributed by atoms with van der Waals surface area (Å²) >= 11 is 1.85. The van der Waals surface area contributed by atoms with E-state index >= 15 is 0 Å². The summed E-state index contributed by atoms with van der Waals surface area (Å²) in [4.78, 5) is 4.57. The van der Waals surface area contributed by atoms with Gasteiger partial charge >= 0.3 is 0 Å². The van der Waals surface area contributed by atoms with E-state index in [-0.39, 0.29) is 0 Å². The molecule has 0 spiro atoms. The fourth-order valence-electron chi connectivity index (χ4n) is 1.65. The van der Waals surface area contributed by atoms with Crippen molar-refractivity contribution in [2.24, 2.45) is 16.3 Å². The summed E-state index contributed by atoms with van der Waals surface area (Å²) in [7, 11) is 0. The Labute approximate surface area is 109 Å². The summed E-state index contributed by atoms with van der Waals surface area (Å²) < 4.78 is 5.59. The SMILES string of the molecule is CC1(C)CN=C(NCCCOCC2CC2)SC1. The van der Waals surface area contributed by atoms with Gasteiger partial charge in [0.1, 0.15) is 0 Å². The highest BCUT2D eigenvalue weighted by Gasteiger charge is 2.23. The summed E-state index contributed by atoms with van der Waals surface area (Å²) in [5, 5.41) is 4.51. The van der Waals surface area contributed by atoms with Crippen molar-refractivity contribution in [2.75, 3.05) is 32.1 Å². The quantitative estimate of drug-likeness (QED) is 0.741. The van der Waals surface area contributed by atoms with Crippen molar-refractivity contribution >= 4 is 16.9 Å². The highest BCUT2D eigenvalue weighted by molar-refractivity contribution is 8.13. The standard InChI is InChI=1S/C13H24N2OS/c1-13(2)9-15-12(17-10-13)14-6-3-7-16-8-11-4-5-11/h11H,3-10H2,1-2H3,(H,14,15). The third-order valence-corrected chi connectivity index (χ3v) is 4.52. The Bertz CT molecular complexity index is 275. The Morgan fingerprint density at radius 2 is 2.29 bits per heavy atom. The molecule has 0 aromatic carbocycles. The molecule has 1 saturated carbocycles. The van der Waals surface area contributed by atoms with Crippen molar-refractivity contribution in [3.8, 4) is 0 Å². The van der Waals surface area contributed by atoms with Crippen LogP contribution in [0.3, 0.4) is 0 Å². The summed E-state index contributed by atoms with van der Waals surface area (Å²) in [5.41, 5.74) is 0.364. The molecule has 4 heteroatoms. The van der Waals surface area contributed by atoms with Crippen molar-refractivity contribution in [3.63, 3.8) is 0 Å². The van der Waals surface area contributed by atoms with Gasteiger partial charge < -0.3 is 10.1 Å². The predicted octanol–water partition coefficient (Wildman–Crippen LogP) is 2.52. The highest BCUT2D eigenvalue weighted by atomic mass is 32.2. The number of ether oxygens (including phenoxy) is 1. The van der Waals surface area contributed by atoms with E-state index in [9.17, 15) is 0 Å². The number of amidine groups is 1. The third kappa shape index (κ3) is 5.30. The zero-order chi connectivity index (χ0) is 12.1. The highest BCUT2D eigenvalue weighted by Crippen LogP contribution is 2.28. The van der Waals surface area contributed by atoms with Gasteiger partial charge in [0.25, 0.3) is 0 Å². The molecule has 1 fully saturated rings. The topological polar surface area (TPSA) is 33.6 Å². The van der Waals surface area contributed by atoms with Crippen LogP contribution in [0.25, 0.3) is 0 Å². The first-order chi connectivity index (χ1) is 8.16. The van der Waals surface area contributed by atoms with Gasteiger partial charge in [0, 0.05) is 32.1 Å². The number of nitrogens with one attached hydrogen (secondary N) is 1. The van der Waals surface area contributed by atoms with Gasteiger partial charge in [-0.3, -0.25) is 4.99 Å². The molecule has 1 heterocycles. The number of hydrogen-bond acceptors (Lipinski definition) is 4. The van der Waals surface area contributed by atoms with Crippen LogP contribution in [-0.4, -0.2) is 37.2 Å². The summed E-state index contributed by atoms with van der Waals surface area (Å²) in [5.74, 6) is 2.04. The number of rotatable bonds is 6. The van der Waals surface area contributed by atoms with Gasteiger partial charge in [-0.1, -0.05) is 25.6 Å². The van der Waals surface area contributed by atoms with Crippen molar-refractivity contribution in [2.45, 2.75) is 33.1 Å². The van der Waals surface area contributed by atoms with E-state index < -0.39 is 0 Å². The van der Waals surface area contributed by atoms with Crippen LogP contribution >= 0.6 is 11.8 Å². The van der Waals surface area contributed by atoms with Crippen LogP contribution < -0.4 is 5.32 Å². The number of thioether (sulfide) groups is 1. The van der Waals surface area contributed by atoms with Crippen molar-refractivity contribution in [1.29, 1.82) is 0 Å². The molecule has 3 nitrogen and oxygen atoms in total. The Hall–Kier alpha value is -0.220. The largest absolute Gasteiger partial charge is 0.381 e. The van der Waals surface area contributed by atoms with Crippen LogP contribution in [0.4, 0.5) is 0 Å². The first kappa shape index (κ1) is 13.2. The zero-order valence-corrected chi connectivity index (χ0v) is 11.8. The molecule has 1 N–H and O–H groups in total. The van der Waals surface area contributed by atoms with Gasteiger partial charge in [0.15, 0.2) is 5.17 Å². The van der Waals surface area contributed by atoms with Gasteiger partial charge in [-0.05, 0) is 30.6 Å². The molecule has 0 radical (unpaired) electrons. The van der Waals surface area contributed by atoms with Crippen LogP contribution in [0.2, 0.25) is 0 Å². The van der Waals surface area contributed by atoms with E-state index in [2.05, 4.69) is 24.2 Å². The summed E-state index contributed by atoms with van der Waals surface area (Å²) in [6, 6.07) is 0. The van der Waals surface area contributed by atoms with E-state index in [0.717, 1.165) is 49.6 Å². The maximum absolute atomic E-state index is 5.59. The van der Waals surface area contributed by atoms with Gasteiger partial charge in [0.05, 0.1) is 0 Å². The first-order valence-electron chi connectivity index (χ1n) is 6.65. The summed E-state index contributed by atoms with van der Waals surface area (Å²) in [6.45, 7) is 8.33. The average molecular weight is 256 g/mol. The predicted molar refractivity (Wildman–Crippen MR) is 74.7 cm³/mol. The molecule has 0 saturated heterocycles. The van der Waals surface area contributed by atoms with Crippen LogP contribution in [0.1, 0.15) is 33.1 Å². The minimum Gasteiger partial charge on any atom is -0.381 e. The van der Waals surface area contributed by atoms with E-state index in [4.69, 9.17) is 4.74 Å². The molecule has 0 aromatic rings. The third-order valence-electron chi connectivity index (χ3n) is 3.04. The van der Waals surface area contributed by atoms with Crippen molar-refractivity contribution in [3.05, 3.63) is 0 Å². The molecule has 0 atom stereocenters. The van der Waals surface area contributed by atoms with Crippen LogP contribution in [0.5, 0.6) is 0 Å². The lowest BCUT2D eigenvalue weighted by Gasteiger charge is -2.27. The molecule has 0 bridgehead atoms. The molecule has 0 unspecified atom stereocenters. The molecule has 2 rings (SSSR count). The Morgan fingerprint density at radius 3 is 2.94 bits per heavy atom. The first-order valence-corrected chi connectivity index (χ1v) is 7.63. The molecule has 0 aromatic heterocycles. The second kappa shape index (κ2) is 6.10. The number of hydrogen-bond donors (Lipinski definition) is 1. The second-order valence-corrected chi connectivity index (χ2v) is 6.84. The van der Waals surface area contributed by atoms with Crippen molar-refractivity contribution < 1.29 is 4.74 Å². The minimum absolute atomic E-state index is 0.364. The maximum Gasteiger partial charge on any atom is 0.156 e. The molecule has 17 heavy (non-hydrogen) atoms. The fourth-order valence-corrected chi connectivity index (χ4v) is 2.63. The molecule has 98 valence electrons. The van der Waals surface area contributed by atoms with E-state index in [1.807, 2.05) is 11.8 Å². The second-order valence-electron chi connectivity index (χ2n) is 5.87. The van der Waals surface area contributed by atoms with Gasteiger partial charge in [-0.2, -0.15) is 0 Å². The Morgan fingerprint density at radius 1 is 1.47 bits per heavy atom. The maximum atomic E-state index is 5.59. The number of aliphatic imine (C=N–C) groups is 1.